The van der Waals surface area contributed by atoms with Crippen LogP contribution in [0.4, 0.5) is 0 Å². The van der Waals surface area contributed by atoms with E-state index in [0.29, 0.717) is 31.4 Å². The summed E-state index contributed by atoms with van der Waals surface area (Å²) in [5.74, 6) is 0.491. The molecule has 0 saturated carbocycles. The van der Waals surface area contributed by atoms with E-state index in [1.807, 2.05) is 12.1 Å². The van der Waals surface area contributed by atoms with Crippen molar-refractivity contribution in [1.29, 1.82) is 0 Å². The van der Waals surface area contributed by atoms with Crippen LogP contribution in [0.25, 0.3) is 0 Å². The fraction of sp³-hybridized carbons (Fsp3) is 0.333. The molecule has 0 atom stereocenters. The summed E-state index contributed by atoms with van der Waals surface area (Å²) in [6.07, 6.45) is 2.46. The zero-order valence-electron chi connectivity index (χ0n) is 11.8. The molecule has 112 valence electrons. The number of para-hydroxylation sites is 1. The third kappa shape index (κ3) is 4.92. The van der Waals surface area contributed by atoms with Gasteiger partial charge in [0.25, 0.3) is 0 Å². The van der Waals surface area contributed by atoms with E-state index < -0.39 is 5.97 Å². The molecule has 1 aliphatic heterocycles. The predicted octanol–water partition coefficient (Wildman–Crippen LogP) is 1.70. The molecule has 0 amide bonds. The summed E-state index contributed by atoms with van der Waals surface area (Å²) in [4.78, 5) is 15.8. The molecule has 6 nitrogen and oxygen atoms in total. The zero-order valence-corrected chi connectivity index (χ0v) is 11.8. The lowest BCUT2D eigenvalue weighted by atomic mass is 10.2. The van der Waals surface area contributed by atoms with Crippen molar-refractivity contribution in [2.45, 2.75) is 6.61 Å². The van der Waals surface area contributed by atoms with Crippen molar-refractivity contribution < 1.29 is 23.7 Å². The summed E-state index contributed by atoms with van der Waals surface area (Å²) < 4.78 is 20.7. The van der Waals surface area contributed by atoms with Gasteiger partial charge in [-0.3, -0.25) is 4.99 Å². The fourth-order valence-corrected chi connectivity index (χ4v) is 1.68. The van der Waals surface area contributed by atoms with E-state index in [0.717, 1.165) is 5.56 Å². The van der Waals surface area contributed by atoms with Gasteiger partial charge in [-0.15, -0.1) is 0 Å². The average Bonchev–Trinajstić information content (AvgIpc) is 2.53. The van der Waals surface area contributed by atoms with Gasteiger partial charge in [0.1, 0.15) is 19.0 Å². The van der Waals surface area contributed by atoms with Crippen molar-refractivity contribution in [2.24, 2.45) is 4.99 Å². The molecule has 0 spiro atoms. The topological polar surface area (TPSA) is 66.4 Å². The first-order chi connectivity index (χ1) is 10.3. The fourth-order valence-electron chi connectivity index (χ4n) is 1.68. The molecule has 1 aliphatic rings. The second-order valence-electron chi connectivity index (χ2n) is 4.18. The number of benzene rings is 1. The number of rotatable bonds is 5. The number of ether oxygens (including phenoxy) is 4. The molecule has 1 heterocycles. The first kappa shape index (κ1) is 15.1. The van der Waals surface area contributed by atoms with Crippen LogP contribution in [0.2, 0.25) is 0 Å². The van der Waals surface area contributed by atoms with Gasteiger partial charge in [0, 0.05) is 5.56 Å². The van der Waals surface area contributed by atoms with Crippen LogP contribution in [0.5, 0.6) is 5.75 Å². The van der Waals surface area contributed by atoms with Crippen LogP contribution in [-0.2, 0) is 25.6 Å². The average molecular weight is 291 g/mol. The minimum atomic E-state index is -0.511. The minimum Gasteiger partial charge on any atom is -0.504 e. The number of esters is 1. The van der Waals surface area contributed by atoms with Gasteiger partial charge in [-0.1, -0.05) is 18.2 Å². The molecule has 21 heavy (non-hydrogen) atoms. The van der Waals surface area contributed by atoms with E-state index in [1.54, 1.807) is 12.1 Å². The third-order valence-corrected chi connectivity index (χ3v) is 2.67. The zero-order chi connectivity index (χ0) is 14.9. The molecule has 1 aromatic carbocycles. The molecule has 6 heteroatoms. The first-order valence-electron chi connectivity index (χ1n) is 6.52. The van der Waals surface area contributed by atoms with E-state index in [4.69, 9.17) is 14.2 Å². The van der Waals surface area contributed by atoms with E-state index >= 15 is 0 Å². The predicted molar refractivity (Wildman–Crippen MR) is 76.1 cm³/mol. The monoisotopic (exact) mass is 291 g/mol. The quantitative estimate of drug-likeness (QED) is 0.357. The van der Waals surface area contributed by atoms with Gasteiger partial charge in [0.15, 0.2) is 0 Å². The Morgan fingerprint density at radius 2 is 2.29 bits per heavy atom. The number of carbonyl (C=O) groups excluding carboxylic acids is 1. The SMILES string of the molecule is COC=CC(=O)Oc1ccccc1COC1=NCCOC1. The second kappa shape index (κ2) is 8.06. The van der Waals surface area contributed by atoms with Crippen LogP contribution in [-0.4, -0.2) is 38.7 Å². The molecule has 0 aromatic heterocycles. The van der Waals surface area contributed by atoms with E-state index in [-0.39, 0.29) is 6.61 Å². The van der Waals surface area contributed by atoms with E-state index in [9.17, 15) is 4.79 Å². The van der Waals surface area contributed by atoms with Gasteiger partial charge in [0.05, 0.1) is 32.6 Å². The summed E-state index contributed by atoms with van der Waals surface area (Å²) >= 11 is 0. The number of carbonyl (C=O) groups is 1. The Bertz CT molecular complexity index is 539. The van der Waals surface area contributed by atoms with Gasteiger partial charge >= 0.3 is 5.97 Å². The number of nitrogens with zero attached hydrogens (tertiary/aromatic N) is 1. The van der Waals surface area contributed by atoms with Gasteiger partial charge < -0.3 is 18.9 Å². The second-order valence-corrected chi connectivity index (χ2v) is 4.18. The highest BCUT2D eigenvalue weighted by molar-refractivity contribution is 5.84. The maximum atomic E-state index is 11.6. The molecule has 0 unspecified atom stereocenters. The van der Waals surface area contributed by atoms with Gasteiger partial charge in [-0.05, 0) is 6.07 Å². The van der Waals surface area contributed by atoms with Crippen LogP contribution < -0.4 is 4.74 Å². The smallest absolute Gasteiger partial charge is 0.339 e. The van der Waals surface area contributed by atoms with Crippen molar-refractivity contribution in [3.05, 3.63) is 42.2 Å². The summed E-state index contributed by atoms with van der Waals surface area (Å²) in [5, 5.41) is 0. The molecule has 0 radical (unpaired) electrons. The van der Waals surface area contributed by atoms with Crippen LogP contribution in [0.15, 0.2) is 41.6 Å². The Kier molecular flexibility index (Phi) is 5.78. The van der Waals surface area contributed by atoms with Crippen LogP contribution in [0, 0.1) is 0 Å². The Morgan fingerprint density at radius 1 is 1.43 bits per heavy atom. The summed E-state index contributed by atoms with van der Waals surface area (Å²) in [5.41, 5.74) is 0.755. The lowest BCUT2D eigenvalue weighted by Crippen LogP contribution is -2.20. The highest BCUT2D eigenvalue weighted by Crippen LogP contribution is 2.19. The van der Waals surface area contributed by atoms with E-state index in [2.05, 4.69) is 9.73 Å². The largest absolute Gasteiger partial charge is 0.504 e. The van der Waals surface area contributed by atoms with Crippen molar-refractivity contribution in [3.8, 4) is 5.75 Å². The highest BCUT2D eigenvalue weighted by Gasteiger charge is 2.10. The minimum absolute atomic E-state index is 0.264. The summed E-state index contributed by atoms with van der Waals surface area (Å²) in [7, 11) is 1.46. The Balaban J connectivity index is 1.97. The Morgan fingerprint density at radius 3 is 3.05 bits per heavy atom. The standard InChI is InChI=1S/C15H17NO5/c1-18-8-6-15(17)21-13-5-3-2-4-12(13)10-20-14-11-19-9-7-16-14/h2-6,8H,7,9-11H2,1H3. The third-order valence-electron chi connectivity index (χ3n) is 2.67. The van der Waals surface area contributed by atoms with Crippen LogP contribution >= 0.6 is 0 Å². The van der Waals surface area contributed by atoms with Crippen molar-refractivity contribution in [1.82, 2.24) is 0 Å². The molecular formula is C15H17NO5. The van der Waals surface area contributed by atoms with Crippen molar-refractivity contribution in [2.75, 3.05) is 26.9 Å². The Hall–Kier alpha value is -2.34. The van der Waals surface area contributed by atoms with Gasteiger partial charge in [-0.25, -0.2) is 4.79 Å². The summed E-state index contributed by atoms with van der Waals surface area (Å²) in [6.45, 7) is 1.86. The molecule has 0 saturated heterocycles. The van der Waals surface area contributed by atoms with Crippen LogP contribution in [0.1, 0.15) is 5.56 Å². The molecule has 0 N–H and O–H groups in total. The Labute approximate surface area is 123 Å². The molecular weight excluding hydrogens is 274 g/mol. The molecule has 1 aromatic rings. The number of aliphatic imine (C=N–C) groups is 1. The maximum Gasteiger partial charge on any atom is 0.339 e. The lowest BCUT2D eigenvalue weighted by Gasteiger charge is -2.15. The highest BCUT2D eigenvalue weighted by atomic mass is 16.5. The van der Waals surface area contributed by atoms with Crippen molar-refractivity contribution in [3.63, 3.8) is 0 Å². The molecule has 0 bridgehead atoms. The molecule has 0 aliphatic carbocycles. The van der Waals surface area contributed by atoms with Crippen LogP contribution in [0.3, 0.4) is 0 Å². The number of methoxy groups -OCH3 is 1. The normalized spacial score (nSPS) is 14.6. The molecule has 0 fully saturated rings. The van der Waals surface area contributed by atoms with Crippen molar-refractivity contribution >= 4 is 11.9 Å². The molecule has 2 rings (SSSR count). The maximum absolute atomic E-state index is 11.6. The van der Waals surface area contributed by atoms with E-state index in [1.165, 1.54) is 19.4 Å². The van der Waals surface area contributed by atoms with Gasteiger partial charge in [-0.2, -0.15) is 0 Å². The first-order valence-corrected chi connectivity index (χ1v) is 6.52. The lowest BCUT2D eigenvalue weighted by molar-refractivity contribution is -0.129. The summed E-state index contributed by atoms with van der Waals surface area (Å²) in [6, 6.07) is 7.16. The van der Waals surface area contributed by atoms with Gasteiger partial charge in [0.2, 0.25) is 5.90 Å². The number of hydrogen-bond donors (Lipinski definition) is 0. The number of hydrogen-bond acceptors (Lipinski definition) is 6.